The minimum absolute atomic E-state index is 0.0781. The largest absolute Gasteiger partial charge is 0.357 e. The molecule has 1 fully saturated rings. The van der Waals surface area contributed by atoms with Gasteiger partial charge in [-0.1, -0.05) is 0 Å². The van der Waals surface area contributed by atoms with Gasteiger partial charge in [-0.15, -0.1) is 0 Å². The summed E-state index contributed by atoms with van der Waals surface area (Å²) < 4.78 is 27.1. The van der Waals surface area contributed by atoms with Crippen molar-refractivity contribution < 1.29 is 8.78 Å². The van der Waals surface area contributed by atoms with Crippen LogP contribution in [0.4, 0.5) is 14.7 Å². The fraction of sp³-hybridized carbons (Fsp3) is 0.450. The Kier molecular flexibility index (Phi) is 7.69. The summed E-state index contributed by atoms with van der Waals surface area (Å²) in [6, 6.07) is 5.23. The number of hydrogen-bond donors (Lipinski definition) is 2. The van der Waals surface area contributed by atoms with Crippen LogP contribution in [0.15, 0.2) is 41.7 Å². The highest BCUT2D eigenvalue weighted by Gasteiger charge is 2.18. The highest BCUT2D eigenvalue weighted by molar-refractivity contribution is 5.79. The monoisotopic (exact) mass is 403 g/mol. The lowest BCUT2D eigenvalue weighted by Crippen LogP contribution is -2.49. The molecule has 0 amide bonds. The molecule has 0 spiro atoms. The molecular weight excluding hydrogens is 376 g/mol. The van der Waals surface area contributed by atoms with Crippen molar-refractivity contribution in [1.29, 1.82) is 0 Å². The molecule has 156 valence electrons. The first kappa shape index (κ1) is 20.9. The van der Waals surface area contributed by atoms with Gasteiger partial charge in [0, 0.05) is 63.8 Å². The molecule has 0 bridgehead atoms. The van der Waals surface area contributed by atoms with E-state index in [1.54, 1.807) is 12.4 Å². The number of aliphatic imine (C=N–C) groups is 1. The zero-order valence-corrected chi connectivity index (χ0v) is 16.6. The zero-order chi connectivity index (χ0) is 20.5. The van der Waals surface area contributed by atoms with E-state index in [1.165, 1.54) is 6.07 Å². The van der Waals surface area contributed by atoms with E-state index in [4.69, 9.17) is 0 Å². The molecule has 0 saturated carbocycles. The Morgan fingerprint density at radius 2 is 1.86 bits per heavy atom. The lowest BCUT2D eigenvalue weighted by atomic mass is 10.2. The van der Waals surface area contributed by atoms with Gasteiger partial charge in [-0.05, 0) is 31.2 Å². The molecule has 1 aliphatic rings. The van der Waals surface area contributed by atoms with Gasteiger partial charge in [-0.25, -0.2) is 23.7 Å². The molecule has 0 radical (unpaired) electrons. The summed E-state index contributed by atoms with van der Waals surface area (Å²) in [5, 5.41) is 6.39. The number of rotatable bonds is 7. The summed E-state index contributed by atoms with van der Waals surface area (Å²) in [6.07, 6.45) is 3.52. The summed E-state index contributed by atoms with van der Waals surface area (Å²) >= 11 is 0. The Morgan fingerprint density at radius 1 is 1.10 bits per heavy atom. The lowest BCUT2D eigenvalue weighted by Gasteiger charge is -2.34. The molecule has 7 nitrogen and oxygen atoms in total. The van der Waals surface area contributed by atoms with E-state index < -0.39 is 11.6 Å². The number of guanidine groups is 1. The topological polar surface area (TPSA) is 68.7 Å². The van der Waals surface area contributed by atoms with Crippen LogP contribution in [0, 0.1) is 11.6 Å². The normalized spacial score (nSPS) is 15.4. The first-order valence-corrected chi connectivity index (χ1v) is 9.86. The maximum atomic E-state index is 13.8. The third-order valence-corrected chi connectivity index (χ3v) is 4.69. The second-order valence-electron chi connectivity index (χ2n) is 6.74. The Labute approximate surface area is 169 Å². The average Bonchev–Trinajstić information content (AvgIpc) is 2.75. The highest BCUT2D eigenvalue weighted by atomic mass is 19.1. The molecule has 2 N–H and O–H groups in total. The van der Waals surface area contributed by atoms with Crippen molar-refractivity contribution in [1.82, 2.24) is 25.5 Å². The van der Waals surface area contributed by atoms with E-state index in [0.29, 0.717) is 19.0 Å². The number of aromatic nitrogens is 2. The molecular formula is C20H27F2N7. The van der Waals surface area contributed by atoms with Crippen LogP contribution in [-0.2, 0) is 6.54 Å². The summed E-state index contributed by atoms with van der Waals surface area (Å²) in [5.41, 5.74) is 0.237. The van der Waals surface area contributed by atoms with Crippen LogP contribution in [0.5, 0.6) is 0 Å². The van der Waals surface area contributed by atoms with Crippen LogP contribution >= 0.6 is 0 Å². The van der Waals surface area contributed by atoms with E-state index in [1.807, 2.05) is 13.0 Å². The number of nitrogens with one attached hydrogen (secondary N) is 2. The summed E-state index contributed by atoms with van der Waals surface area (Å²) in [7, 11) is 0. The molecule has 29 heavy (non-hydrogen) atoms. The number of halogens is 2. The van der Waals surface area contributed by atoms with Crippen molar-refractivity contribution in [2.75, 3.05) is 50.7 Å². The number of hydrogen-bond acceptors (Lipinski definition) is 5. The van der Waals surface area contributed by atoms with Gasteiger partial charge >= 0.3 is 0 Å². The maximum absolute atomic E-state index is 13.8. The Balaban J connectivity index is 1.44. The first-order valence-electron chi connectivity index (χ1n) is 9.86. The molecule has 3 rings (SSSR count). The van der Waals surface area contributed by atoms with Crippen LogP contribution in [0.1, 0.15) is 12.5 Å². The van der Waals surface area contributed by atoms with Crippen molar-refractivity contribution in [3.63, 3.8) is 0 Å². The zero-order valence-electron chi connectivity index (χ0n) is 16.6. The standard InChI is InChI=1S/C20H27F2N7/c1-2-23-19(27-15-16-14-17(21)4-5-18(16)22)24-8-9-28-10-12-29(13-11-28)20-25-6-3-7-26-20/h3-7,14H,2,8-13,15H2,1H3,(H2,23,24,27). The van der Waals surface area contributed by atoms with Crippen molar-refractivity contribution in [2.45, 2.75) is 13.5 Å². The quantitative estimate of drug-likeness (QED) is 0.541. The maximum Gasteiger partial charge on any atom is 0.225 e. The molecule has 9 heteroatoms. The molecule has 1 aromatic heterocycles. The first-order chi connectivity index (χ1) is 14.2. The number of benzene rings is 1. The van der Waals surface area contributed by atoms with Gasteiger partial charge in [-0.2, -0.15) is 0 Å². The molecule has 2 heterocycles. The van der Waals surface area contributed by atoms with E-state index in [0.717, 1.165) is 50.8 Å². The highest BCUT2D eigenvalue weighted by Crippen LogP contribution is 2.11. The van der Waals surface area contributed by atoms with Crippen molar-refractivity contribution in [2.24, 2.45) is 4.99 Å². The molecule has 1 aliphatic heterocycles. The van der Waals surface area contributed by atoms with E-state index in [9.17, 15) is 8.78 Å². The molecule has 2 aromatic rings. The number of anilines is 1. The van der Waals surface area contributed by atoms with Crippen LogP contribution in [0.2, 0.25) is 0 Å². The van der Waals surface area contributed by atoms with Crippen molar-refractivity contribution in [3.8, 4) is 0 Å². The molecule has 1 aromatic carbocycles. The van der Waals surface area contributed by atoms with Gasteiger partial charge in [0.1, 0.15) is 11.6 Å². The SMILES string of the molecule is CCNC(=NCc1cc(F)ccc1F)NCCN1CCN(c2ncccn2)CC1. The third kappa shape index (κ3) is 6.35. The fourth-order valence-corrected chi connectivity index (χ4v) is 3.13. The minimum atomic E-state index is -0.463. The smallest absolute Gasteiger partial charge is 0.225 e. The predicted molar refractivity (Wildman–Crippen MR) is 110 cm³/mol. The Bertz CT molecular complexity index is 793. The van der Waals surface area contributed by atoms with Crippen LogP contribution in [0.25, 0.3) is 0 Å². The average molecular weight is 403 g/mol. The van der Waals surface area contributed by atoms with E-state index in [-0.39, 0.29) is 12.1 Å². The van der Waals surface area contributed by atoms with Crippen LogP contribution < -0.4 is 15.5 Å². The summed E-state index contributed by atoms with van der Waals surface area (Å²) in [6.45, 7) is 7.94. The summed E-state index contributed by atoms with van der Waals surface area (Å²) in [4.78, 5) is 17.5. The van der Waals surface area contributed by atoms with E-state index >= 15 is 0 Å². The number of nitrogens with zero attached hydrogens (tertiary/aromatic N) is 5. The van der Waals surface area contributed by atoms with Crippen molar-refractivity contribution >= 4 is 11.9 Å². The van der Waals surface area contributed by atoms with Gasteiger partial charge in [-0.3, -0.25) is 4.90 Å². The Hall–Kier alpha value is -2.81. The second kappa shape index (κ2) is 10.7. The van der Waals surface area contributed by atoms with Crippen LogP contribution in [-0.4, -0.2) is 66.6 Å². The second-order valence-corrected chi connectivity index (χ2v) is 6.74. The van der Waals surface area contributed by atoms with Gasteiger partial charge in [0.15, 0.2) is 5.96 Å². The molecule has 1 saturated heterocycles. The fourth-order valence-electron chi connectivity index (χ4n) is 3.13. The third-order valence-electron chi connectivity index (χ3n) is 4.69. The number of piperazine rings is 1. The van der Waals surface area contributed by atoms with Gasteiger partial charge in [0.25, 0.3) is 0 Å². The minimum Gasteiger partial charge on any atom is -0.357 e. The van der Waals surface area contributed by atoms with Gasteiger partial charge in [0.05, 0.1) is 6.54 Å². The van der Waals surface area contributed by atoms with E-state index in [2.05, 4.69) is 35.4 Å². The van der Waals surface area contributed by atoms with Gasteiger partial charge in [0.2, 0.25) is 5.95 Å². The molecule has 0 unspecified atom stereocenters. The molecule has 0 aliphatic carbocycles. The van der Waals surface area contributed by atoms with Crippen molar-refractivity contribution in [3.05, 3.63) is 53.9 Å². The van der Waals surface area contributed by atoms with Gasteiger partial charge < -0.3 is 15.5 Å². The van der Waals surface area contributed by atoms with Crippen LogP contribution in [0.3, 0.4) is 0 Å². The molecule has 0 atom stereocenters. The summed E-state index contributed by atoms with van der Waals surface area (Å²) in [5.74, 6) is 0.449. The lowest BCUT2D eigenvalue weighted by molar-refractivity contribution is 0.260. The Morgan fingerprint density at radius 3 is 2.59 bits per heavy atom. The predicted octanol–water partition coefficient (Wildman–Crippen LogP) is 1.63.